The van der Waals surface area contributed by atoms with Gasteiger partial charge in [0.25, 0.3) is 0 Å². The van der Waals surface area contributed by atoms with Gasteiger partial charge in [-0.1, -0.05) is 18.2 Å². The van der Waals surface area contributed by atoms with Crippen LogP contribution in [-0.2, 0) is 13.1 Å². The number of thiophene rings is 1. The maximum Gasteiger partial charge on any atom is 0.339 e. The summed E-state index contributed by atoms with van der Waals surface area (Å²) in [6, 6.07) is 7.21. The predicted octanol–water partition coefficient (Wildman–Crippen LogP) is 3.79. The third-order valence-electron chi connectivity index (χ3n) is 3.44. The summed E-state index contributed by atoms with van der Waals surface area (Å²) in [5.41, 5.74) is 3.34. The second-order valence-electron chi connectivity index (χ2n) is 4.89. The second-order valence-corrected chi connectivity index (χ2v) is 5.63. The van der Waals surface area contributed by atoms with Gasteiger partial charge < -0.3 is 14.8 Å². The molecule has 5 heteroatoms. The number of benzene rings is 1. The van der Waals surface area contributed by atoms with E-state index in [0.717, 1.165) is 0 Å². The van der Waals surface area contributed by atoms with Gasteiger partial charge in [0.2, 0.25) is 0 Å². The zero-order valence-corrected chi connectivity index (χ0v) is 12.4. The van der Waals surface area contributed by atoms with Crippen molar-refractivity contribution in [3.05, 3.63) is 57.5 Å². The molecule has 0 radical (unpaired) electrons. The number of carboxylic acid groups (broad SMARTS) is 1. The van der Waals surface area contributed by atoms with Crippen molar-refractivity contribution in [3.8, 4) is 0 Å². The SMILES string of the molecule is Cc1cscc1CNCc1oc2ccccc2c1C(=O)O. The zero-order valence-electron chi connectivity index (χ0n) is 11.6. The number of carbonyl (C=O) groups is 1. The molecular formula is C16H15NO3S. The topological polar surface area (TPSA) is 62.5 Å². The van der Waals surface area contributed by atoms with Gasteiger partial charge in [0.15, 0.2) is 0 Å². The van der Waals surface area contributed by atoms with Crippen molar-refractivity contribution in [2.45, 2.75) is 20.0 Å². The van der Waals surface area contributed by atoms with Crippen molar-refractivity contribution in [3.63, 3.8) is 0 Å². The second kappa shape index (κ2) is 5.71. The molecule has 0 aliphatic carbocycles. The smallest absolute Gasteiger partial charge is 0.339 e. The molecule has 2 heterocycles. The summed E-state index contributed by atoms with van der Waals surface area (Å²) in [5, 5.41) is 17.5. The summed E-state index contributed by atoms with van der Waals surface area (Å²) in [4.78, 5) is 11.5. The Balaban J connectivity index is 1.82. The summed E-state index contributed by atoms with van der Waals surface area (Å²) in [6.45, 7) is 3.16. The van der Waals surface area contributed by atoms with Crippen LogP contribution in [0.1, 0.15) is 27.2 Å². The van der Waals surface area contributed by atoms with Gasteiger partial charge in [-0.15, -0.1) is 0 Å². The lowest BCUT2D eigenvalue weighted by Crippen LogP contribution is -2.14. The monoisotopic (exact) mass is 301 g/mol. The van der Waals surface area contributed by atoms with Crippen LogP contribution in [0.5, 0.6) is 0 Å². The molecule has 0 amide bonds. The van der Waals surface area contributed by atoms with E-state index in [9.17, 15) is 9.90 Å². The number of hydrogen-bond donors (Lipinski definition) is 2. The number of aryl methyl sites for hydroxylation is 1. The normalized spacial score (nSPS) is 11.1. The molecule has 0 spiro atoms. The summed E-state index contributed by atoms with van der Waals surface area (Å²) < 4.78 is 5.67. The number of rotatable bonds is 5. The van der Waals surface area contributed by atoms with Crippen molar-refractivity contribution in [2.75, 3.05) is 0 Å². The minimum atomic E-state index is -0.955. The molecule has 0 bridgehead atoms. The van der Waals surface area contributed by atoms with Gasteiger partial charge in [0.05, 0.1) is 6.54 Å². The number of furan rings is 1. The Bertz CT molecular complexity index is 788. The average Bonchev–Trinajstić information content (AvgIpc) is 3.02. The van der Waals surface area contributed by atoms with Crippen molar-refractivity contribution in [1.82, 2.24) is 5.32 Å². The minimum Gasteiger partial charge on any atom is -0.478 e. The van der Waals surface area contributed by atoms with Gasteiger partial charge >= 0.3 is 5.97 Å². The predicted molar refractivity (Wildman–Crippen MR) is 82.8 cm³/mol. The summed E-state index contributed by atoms with van der Waals surface area (Å²) in [6.07, 6.45) is 0. The summed E-state index contributed by atoms with van der Waals surface area (Å²) >= 11 is 1.67. The lowest BCUT2D eigenvalue weighted by Gasteiger charge is -2.03. The van der Waals surface area contributed by atoms with Gasteiger partial charge in [-0.2, -0.15) is 11.3 Å². The fraction of sp³-hybridized carbons (Fsp3) is 0.188. The Hall–Kier alpha value is -2.11. The highest BCUT2D eigenvalue weighted by Crippen LogP contribution is 2.26. The first-order valence-electron chi connectivity index (χ1n) is 6.63. The van der Waals surface area contributed by atoms with Gasteiger partial charge in [-0.05, 0) is 34.9 Å². The van der Waals surface area contributed by atoms with Crippen LogP contribution in [0.15, 0.2) is 39.4 Å². The fourth-order valence-electron chi connectivity index (χ4n) is 2.33. The molecule has 0 saturated heterocycles. The van der Waals surface area contributed by atoms with E-state index in [2.05, 4.69) is 23.0 Å². The van der Waals surface area contributed by atoms with E-state index in [1.54, 1.807) is 23.5 Å². The fourth-order valence-corrected chi connectivity index (χ4v) is 3.19. The molecule has 3 rings (SSSR count). The van der Waals surface area contributed by atoms with E-state index < -0.39 is 5.97 Å². The quantitative estimate of drug-likeness (QED) is 0.752. The number of nitrogens with one attached hydrogen (secondary N) is 1. The largest absolute Gasteiger partial charge is 0.478 e. The molecule has 3 aromatic rings. The number of fused-ring (bicyclic) bond motifs is 1. The van der Waals surface area contributed by atoms with Gasteiger partial charge in [-0.25, -0.2) is 4.79 Å². The van der Waals surface area contributed by atoms with Crippen LogP contribution in [0.25, 0.3) is 11.0 Å². The van der Waals surface area contributed by atoms with Crippen LogP contribution >= 0.6 is 11.3 Å². The Morgan fingerprint density at radius 2 is 2.10 bits per heavy atom. The van der Waals surface area contributed by atoms with Crippen molar-refractivity contribution in [1.29, 1.82) is 0 Å². The van der Waals surface area contributed by atoms with Crippen LogP contribution in [0.4, 0.5) is 0 Å². The first-order valence-corrected chi connectivity index (χ1v) is 7.57. The Morgan fingerprint density at radius 3 is 2.81 bits per heavy atom. The van der Waals surface area contributed by atoms with Crippen LogP contribution in [0.2, 0.25) is 0 Å². The van der Waals surface area contributed by atoms with Crippen LogP contribution in [0.3, 0.4) is 0 Å². The first-order chi connectivity index (χ1) is 10.2. The molecule has 0 aliphatic rings. The Labute approximate surface area is 126 Å². The molecule has 2 aromatic heterocycles. The lowest BCUT2D eigenvalue weighted by molar-refractivity contribution is 0.0696. The molecule has 1 aromatic carbocycles. The highest BCUT2D eigenvalue weighted by molar-refractivity contribution is 7.08. The molecule has 108 valence electrons. The highest BCUT2D eigenvalue weighted by Gasteiger charge is 2.19. The molecule has 0 atom stereocenters. The van der Waals surface area contributed by atoms with Crippen LogP contribution < -0.4 is 5.32 Å². The van der Waals surface area contributed by atoms with E-state index >= 15 is 0 Å². The van der Waals surface area contributed by atoms with Gasteiger partial charge in [0.1, 0.15) is 16.9 Å². The summed E-state index contributed by atoms with van der Waals surface area (Å²) in [7, 11) is 0. The first kappa shape index (κ1) is 13.9. The number of para-hydroxylation sites is 1. The van der Waals surface area contributed by atoms with Gasteiger partial charge in [-0.3, -0.25) is 0 Å². The molecule has 0 fully saturated rings. The van der Waals surface area contributed by atoms with E-state index in [1.165, 1.54) is 11.1 Å². The Morgan fingerprint density at radius 1 is 1.29 bits per heavy atom. The van der Waals surface area contributed by atoms with Crippen LogP contribution in [0, 0.1) is 6.92 Å². The average molecular weight is 301 g/mol. The van der Waals surface area contributed by atoms with Crippen LogP contribution in [-0.4, -0.2) is 11.1 Å². The Kier molecular flexibility index (Phi) is 3.77. The van der Waals surface area contributed by atoms with Crippen molar-refractivity contribution < 1.29 is 14.3 Å². The molecule has 0 aliphatic heterocycles. The third-order valence-corrected chi connectivity index (χ3v) is 4.36. The number of carboxylic acids is 1. The molecule has 4 nitrogen and oxygen atoms in total. The molecular weight excluding hydrogens is 286 g/mol. The van der Waals surface area contributed by atoms with E-state index in [0.29, 0.717) is 29.8 Å². The minimum absolute atomic E-state index is 0.250. The maximum atomic E-state index is 11.5. The summed E-state index contributed by atoms with van der Waals surface area (Å²) in [5.74, 6) is -0.486. The van der Waals surface area contributed by atoms with Gasteiger partial charge in [0, 0.05) is 11.9 Å². The lowest BCUT2D eigenvalue weighted by atomic mass is 10.1. The third kappa shape index (κ3) is 2.70. The van der Waals surface area contributed by atoms with Crippen molar-refractivity contribution in [2.24, 2.45) is 0 Å². The molecule has 21 heavy (non-hydrogen) atoms. The van der Waals surface area contributed by atoms with E-state index in [1.807, 2.05) is 12.1 Å². The molecule has 0 saturated carbocycles. The highest BCUT2D eigenvalue weighted by atomic mass is 32.1. The molecule has 0 unspecified atom stereocenters. The van der Waals surface area contributed by atoms with E-state index in [4.69, 9.17) is 4.42 Å². The van der Waals surface area contributed by atoms with E-state index in [-0.39, 0.29) is 5.56 Å². The number of aromatic carboxylic acids is 1. The zero-order chi connectivity index (χ0) is 14.8. The number of hydrogen-bond acceptors (Lipinski definition) is 4. The standard InChI is InChI=1S/C16H15NO3S/c1-10-8-21-9-11(10)6-17-7-14-15(16(18)19)12-4-2-3-5-13(12)20-14/h2-5,8-9,17H,6-7H2,1H3,(H,18,19). The maximum absolute atomic E-state index is 11.5. The molecule has 2 N–H and O–H groups in total. The van der Waals surface area contributed by atoms with Crippen molar-refractivity contribution >= 4 is 28.3 Å².